The van der Waals surface area contributed by atoms with Gasteiger partial charge in [0, 0.05) is 31.2 Å². The molecule has 132 valence electrons. The second kappa shape index (κ2) is 9.01. The number of methoxy groups -OCH3 is 1. The van der Waals surface area contributed by atoms with Crippen molar-refractivity contribution < 1.29 is 13.9 Å². The summed E-state index contributed by atoms with van der Waals surface area (Å²) in [6.45, 7) is 2.10. The maximum Gasteiger partial charge on any atom is 0.308 e. The first kappa shape index (κ1) is 18.7. The molecule has 1 aliphatic rings. The van der Waals surface area contributed by atoms with Crippen LogP contribution in [0, 0.1) is 11.7 Å². The lowest BCUT2D eigenvalue weighted by molar-refractivity contribution is -0.146. The van der Waals surface area contributed by atoms with Gasteiger partial charge in [0.15, 0.2) is 5.96 Å². The number of benzene rings is 1. The standard InChI is InChI=1S/C17H23BrFN3O2/c1-20-17(22-9-6-12(7-10-22)16(23)24-2)21-8-5-13-11-14(18)3-4-15(13)19/h3-4,11-12H,5-10H2,1-2H3,(H,20,21). The largest absolute Gasteiger partial charge is 0.469 e. The number of hydrogen-bond donors (Lipinski definition) is 1. The van der Waals surface area contributed by atoms with Gasteiger partial charge in [-0.3, -0.25) is 9.79 Å². The minimum Gasteiger partial charge on any atom is -0.469 e. The van der Waals surface area contributed by atoms with E-state index < -0.39 is 0 Å². The zero-order valence-corrected chi connectivity index (χ0v) is 15.6. The van der Waals surface area contributed by atoms with Crippen molar-refractivity contribution in [2.24, 2.45) is 10.9 Å². The second-order valence-corrected chi connectivity index (χ2v) is 6.66. The minimum atomic E-state index is -0.200. The lowest BCUT2D eigenvalue weighted by Crippen LogP contribution is -2.47. The molecule has 1 saturated heterocycles. The first-order valence-corrected chi connectivity index (χ1v) is 8.81. The minimum absolute atomic E-state index is 0.0277. The predicted molar refractivity (Wildman–Crippen MR) is 95.5 cm³/mol. The first-order chi connectivity index (χ1) is 11.5. The Morgan fingerprint density at radius 1 is 1.46 bits per heavy atom. The van der Waals surface area contributed by atoms with Crippen LogP contribution in [0.3, 0.4) is 0 Å². The van der Waals surface area contributed by atoms with E-state index in [-0.39, 0.29) is 17.7 Å². The quantitative estimate of drug-likeness (QED) is 0.480. The monoisotopic (exact) mass is 399 g/mol. The third-order valence-corrected chi connectivity index (χ3v) is 4.72. The lowest BCUT2D eigenvalue weighted by Gasteiger charge is -2.33. The highest BCUT2D eigenvalue weighted by Gasteiger charge is 2.26. The van der Waals surface area contributed by atoms with Crippen molar-refractivity contribution in [1.82, 2.24) is 10.2 Å². The van der Waals surface area contributed by atoms with Crippen LogP contribution >= 0.6 is 15.9 Å². The molecule has 1 aliphatic heterocycles. The van der Waals surface area contributed by atoms with Crippen molar-refractivity contribution in [2.45, 2.75) is 19.3 Å². The number of rotatable bonds is 4. The van der Waals surface area contributed by atoms with Crippen molar-refractivity contribution in [3.05, 3.63) is 34.1 Å². The molecule has 2 rings (SSSR count). The Labute approximate surface area is 150 Å². The van der Waals surface area contributed by atoms with Gasteiger partial charge in [-0.15, -0.1) is 0 Å². The maximum absolute atomic E-state index is 13.7. The zero-order chi connectivity index (χ0) is 17.5. The molecule has 24 heavy (non-hydrogen) atoms. The molecule has 1 heterocycles. The molecule has 1 aromatic carbocycles. The molecule has 0 amide bonds. The van der Waals surface area contributed by atoms with Crippen molar-refractivity contribution in [2.75, 3.05) is 33.8 Å². The average Bonchev–Trinajstić information content (AvgIpc) is 2.61. The topological polar surface area (TPSA) is 53.9 Å². The number of hydrogen-bond acceptors (Lipinski definition) is 3. The molecule has 0 atom stereocenters. The van der Waals surface area contributed by atoms with E-state index >= 15 is 0 Å². The van der Waals surface area contributed by atoms with Crippen LogP contribution in [0.1, 0.15) is 18.4 Å². The normalized spacial score (nSPS) is 16.2. The summed E-state index contributed by atoms with van der Waals surface area (Å²) >= 11 is 3.36. The number of guanidine groups is 1. The third kappa shape index (κ3) is 4.93. The van der Waals surface area contributed by atoms with Gasteiger partial charge in [-0.25, -0.2) is 4.39 Å². The third-order valence-electron chi connectivity index (χ3n) is 4.23. The number of likely N-dealkylation sites (tertiary alicyclic amines) is 1. The highest BCUT2D eigenvalue weighted by atomic mass is 79.9. The van der Waals surface area contributed by atoms with Crippen LogP contribution in [0.5, 0.6) is 0 Å². The second-order valence-electron chi connectivity index (χ2n) is 5.74. The number of carbonyl (C=O) groups is 1. The van der Waals surface area contributed by atoms with E-state index in [1.54, 1.807) is 19.2 Å². The molecule has 1 fully saturated rings. The number of ether oxygens (including phenoxy) is 1. The van der Waals surface area contributed by atoms with E-state index in [9.17, 15) is 9.18 Å². The number of halogens is 2. The van der Waals surface area contributed by atoms with E-state index in [4.69, 9.17) is 4.74 Å². The summed E-state index contributed by atoms with van der Waals surface area (Å²) < 4.78 is 19.4. The van der Waals surface area contributed by atoms with Crippen molar-refractivity contribution in [3.63, 3.8) is 0 Å². The first-order valence-electron chi connectivity index (χ1n) is 8.02. The van der Waals surface area contributed by atoms with Crippen molar-refractivity contribution >= 4 is 27.9 Å². The SMILES string of the molecule is CN=C(NCCc1cc(Br)ccc1F)N1CCC(C(=O)OC)CC1. The number of nitrogens with one attached hydrogen (secondary N) is 1. The molecule has 0 bridgehead atoms. The highest BCUT2D eigenvalue weighted by Crippen LogP contribution is 2.19. The van der Waals surface area contributed by atoms with Gasteiger partial charge in [0.25, 0.3) is 0 Å². The summed E-state index contributed by atoms with van der Waals surface area (Å²) in [4.78, 5) is 18.0. The van der Waals surface area contributed by atoms with Gasteiger partial charge in [0.05, 0.1) is 13.0 Å². The Morgan fingerprint density at radius 3 is 2.79 bits per heavy atom. The van der Waals surface area contributed by atoms with Crippen LogP contribution in [0.15, 0.2) is 27.7 Å². The van der Waals surface area contributed by atoms with E-state index in [1.165, 1.54) is 13.2 Å². The zero-order valence-electron chi connectivity index (χ0n) is 14.0. The fourth-order valence-electron chi connectivity index (χ4n) is 2.87. The van der Waals surface area contributed by atoms with Crippen LogP contribution in [0.2, 0.25) is 0 Å². The molecular weight excluding hydrogens is 377 g/mol. The Morgan fingerprint density at radius 2 is 2.17 bits per heavy atom. The van der Waals surface area contributed by atoms with Gasteiger partial charge < -0.3 is 15.0 Å². The number of nitrogens with zero attached hydrogens (tertiary/aromatic N) is 2. The molecule has 0 aliphatic carbocycles. The molecule has 5 nitrogen and oxygen atoms in total. The van der Waals surface area contributed by atoms with Crippen molar-refractivity contribution in [3.8, 4) is 0 Å². The Kier molecular flexibility index (Phi) is 7.02. The van der Waals surface area contributed by atoms with Crippen LogP contribution in [0.4, 0.5) is 4.39 Å². The Hall–Kier alpha value is -1.63. The van der Waals surface area contributed by atoms with E-state index in [1.807, 2.05) is 0 Å². The molecule has 0 spiro atoms. The number of aliphatic imine (C=N–C) groups is 1. The van der Waals surface area contributed by atoms with Crippen LogP contribution < -0.4 is 5.32 Å². The molecule has 0 aromatic heterocycles. The van der Waals surface area contributed by atoms with E-state index in [0.717, 1.165) is 36.4 Å². The number of piperidine rings is 1. The van der Waals surface area contributed by atoms with E-state index in [2.05, 4.69) is 31.1 Å². The smallest absolute Gasteiger partial charge is 0.308 e. The summed E-state index contributed by atoms with van der Waals surface area (Å²) in [6, 6.07) is 4.95. The lowest BCUT2D eigenvalue weighted by atomic mass is 9.97. The summed E-state index contributed by atoms with van der Waals surface area (Å²) in [5.41, 5.74) is 0.664. The molecule has 7 heteroatoms. The van der Waals surface area contributed by atoms with Crippen LogP contribution in [-0.2, 0) is 16.0 Å². The van der Waals surface area contributed by atoms with Gasteiger partial charge in [0.2, 0.25) is 0 Å². The van der Waals surface area contributed by atoms with Gasteiger partial charge in [0.1, 0.15) is 5.82 Å². The molecule has 1 N–H and O–H groups in total. The van der Waals surface area contributed by atoms with Gasteiger partial charge in [-0.05, 0) is 43.0 Å². The molecule has 0 radical (unpaired) electrons. The fraction of sp³-hybridized carbons (Fsp3) is 0.529. The fourth-order valence-corrected chi connectivity index (χ4v) is 3.28. The summed E-state index contributed by atoms with van der Waals surface area (Å²) in [6.07, 6.45) is 2.09. The number of esters is 1. The van der Waals surface area contributed by atoms with Crippen molar-refractivity contribution in [1.29, 1.82) is 0 Å². The molecular formula is C17H23BrFN3O2. The van der Waals surface area contributed by atoms with E-state index in [0.29, 0.717) is 18.5 Å². The van der Waals surface area contributed by atoms with Gasteiger partial charge >= 0.3 is 5.97 Å². The predicted octanol–water partition coefficient (Wildman–Crippen LogP) is 2.59. The number of carbonyl (C=O) groups excluding carboxylic acids is 1. The van der Waals surface area contributed by atoms with Crippen LogP contribution in [-0.4, -0.2) is 50.6 Å². The molecule has 1 aromatic rings. The summed E-state index contributed by atoms with van der Waals surface area (Å²) in [5, 5.41) is 3.27. The average molecular weight is 400 g/mol. The van der Waals surface area contributed by atoms with Gasteiger partial charge in [-0.2, -0.15) is 0 Å². The molecule has 0 saturated carbocycles. The molecule has 0 unspecified atom stereocenters. The summed E-state index contributed by atoms with van der Waals surface area (Å²) in [7, 11) is 3.16. The maximum atomic E-state index is 13.7. The summed E-state index contributed by atoms with van der Waals surface area (Å²) in [5.74, 6) is 0.422. The van der Waals surface area contributed by atoms with Crippen LogP contribution in [0.25, 0.3) is 0 Å². The highest BCUT2D eigenvalue weighted by molar-refractivity contribution is 9.10. The Balaban J connectivity index is 1.83. The van der Waals surface area contributed by atoms with Gasteiger partial charge in [-0.1, -0.05) is 15.9 Å². The Bertz CT molecular complexity index is 601.